The molecule has 0 N–H and O–H groups in total. The predicted octanol–water partition coefficient (Wildman–Crippen LogP) is 2.69. The molecule has 3 aliphatic heterocycles. The third-order valence-corrected chi connectivity index (χ3v) is 5.74. The highest BCUT2D eigenvalue weighted by molar-refractivity contribution is 5.94. The fourth-order valence-electron chi connectivity index (χ4n) is 4.26. The molecule has 4 heterocycles. The van der Waals surface area contributed by atoms with Gasteiger partial charge in [-0.25, -0.2) is 4.79 Å². The van der Waals surface area contributed by atoms with Gasteiger partial charge in [-0.3, -0.25) is 9.88 Å². The minimum absolute atomic E-state index is 0.189. The Morgan fingerprint density at radius 2 is 1.96 bits per heavy atom. The Morgan fingerprint density at radius 1 is 1.15 bits per heavy atom. The second-order valence-corrected chi connectivity index (χ2v) is 7.21. The highest BCUT2D eigenvalue weighted by Crippen LogP contribution is 2.41. The van der Waals surface area contributed by atoms with Crippen LogP contribution in [0, 0.1) is 6.92 Å². The van der Waals surface area contributed by atoms with Gasteiger partial charge in [0.1, 0.15) is 6.61 Å². The number of fused-ring (bicyclic) bond motifs is 3. The molecule has 0 radical (unpaired) electrons. The van der Waals surface area contributed by atoms with E-state index in [1.807, 2.05) is 24.0 Å². The van der Waals surface area contributed by atoms with Crippen LogP contribution in [-0.4, -0.2) is 54.6 Å². The van der Waals surface area contributed by atoms with E-state index in [4.69, 9.17) is 14.2 Å². The van der Waals surface area contributed by atoms with E-state index in [0.717, 1.165) is 53.3 Å². The molecule has 1 atom stereocenters. The van der Waals surface area contributed by atoms with Gasteiger partial charge in [0.05, 0.1) is 11.1 Å². The largest absolute Gasteiger partial charge is 0.454 e. The molecular weight excluding hydrogens is 334 g/mol. The lowest BCUT2D eigenvalue weighted by molar-refractivity contribution is 0.138. The Bertz CT molecular complexity index is 915. The number of amides is 1. The van der Waals surface area contributed by atoms with Crippen molar-refractivity contribution < 1.29 is 19.0 Å². The smallest absolute Gasteiger partial charge is 0.410 e. The average Bonchev–Trinajstić information content (AvgIpc) is 3.23. The van der Waals surface area contributed by atoms with Crippen molar-refractivity contribution in [1.82, 2.24) is 9.88 Å². The van der Waals surface area contributed by atoms with Crippen LogP contribution in [0.1, 0.15) is 19.0 Å². The fourth-order valence-corrected chi connectivity index (χ4v) is 4.26. The van der Waals surface area contributed by atoms with E-state index in [0.29, 0.717) is 13.2 Å². The zero-order valence-electron chi connectivity index (χ0n) is 14.9. The molecule has 0 spiro atoms. The van der Waals surface area contributed by atoms with Gasteiger partial charge in [0.2, 0.25) is 6.79 Å². The van der Waals surface area contributed by atoms with Gasteiger partial charge in [0.15, 0.2) is 11.5 Å². The number of hydrogen-bond donors (Lipinski definition) is 0. The lowest BCUT2D eigenvalue weighted by Crippen LogP contribution is -2.61. The van der Waals surface area contributed by atoms with Gasteiger partial charge in [-0.05, 0) is 25.5 Å². The van der Waals surface area contributed by atoms with Crippen molar-refractivity contribution in [3.8, 4) is 11.5 Å². The minimum Gasteiger partial charge on any atom is -0.454 e. The maximum absolute atomic E-state index is 12.1. The van der Waals surface area contributed by atoms with Crippen LogP contribution in [0.3, 0.4) is 0 Å². The van der Waals surface area contributed by atoms with Crippen LogP contribution in [0.25, 0.3) is 10.9 Å². The number of benzene rings is 1. The van der Waals surface area contributed by atoms with E-state index < -0.39 is 0 Å². The molecule has 26 heavy (non-hydrogen) atoms. The molecule has 0 aliphatic carbocycles. The Labute approximate surface area is 151 Å². The van der Waals surface area contributed by atoms with Crippen LogP contribution in [0.15, 0.2) is 18.2 Å². The third-order valence-electron chi connectivity index (χ3n) is 5.74. The lowest BCUT2D eigenvalue weighted by atomic mass is 9.92. The average molecular weight is 355 g/mol. The summed E-state index contributed by atoms with van der Waals surface area (Å²) < 4.78 is 16.4. The standard InChI is InChI=1S/C19H21N3O4/c1-3-19-9-21(4-5-22(19)18(23)24-10-19)15-6-12(2)20-14-8-17-16(7-13(14)15)25-11-26-17/h6-8H,3-5,9-11H2,1-2H3. The van der Waals surface area contributed by atoms with Crippen LogP contribution >= 0.6 is 0 Å². The second-order valence-electron chi connectivity index (χ2n) is 7.21. The molecule has 1 aromatic heterocycles. The third kappa shape index (κ3) is 2.12. The van der Waals surface area contributed by atoms with Crippen LogP contribution in [0.5, 0.6) is 11.5 Å². The number of cyclic esters (lactones) is 1. The first-order valence-electron chi connectivity index (χ1n) is 9.00. The summed E-state index contributed by atoms with van der Waals surface area (Å²) in [7, 11) is 0. The fraction of sp³-hybridized carbons (Fsp3) is 0.474. The first kappa shape index (κ1) is 15.5. The first-order chi connectivity index (χ1) is 12.6. The Morgan fingerprint density at radius 3 is 2.77 bits per heavy atom. The van der Waals surface area contributed by atoms with Crippen molar-refractivity contribution in [2.75, 3.05) is 37.9 Å². The first-order valence-corrected chi connectivity index (χ1v) is 9.00. The van der Waals surface area contributed by atoms with Crippen molar-refractivity contribution in [1.29, 1.82) is 0 Å². The molecule has 1 unspecified atom stereocenters. The molecule has 3 aliphatic rings. The quantitative estimate of drug-likeness (QED) is 0.825. The van der Waals surface area contributed by atoms with Crippen LogP contribution in [-0.2, 0) is 4.74 Å². The Balaban J connectivity index is 1.60. The summed E-state index contributed by atoms with van der Waals surface area (Å²) in [4.78, 5) is 21.0. The van der Waals surface area contributed by atoms with Gasteiger partial charge in [-0.1, -0.05) is 6.92 Å². The number of hydrogen-bond acceptors (Lipinski definition) is 6. The van der Waals surface area contributed by atoms with E-state index in [-0.39, 0.29) is 18.4 Å². The molecule has 0 saturated carbocycles. The monoisotopic (exact) mass is 355 g/mol. The normalized spacial score (nSPS) is 24.2. The van der Waals surface area contributed by atoms with E-state index in [9.17, 15) is 4.79 Å². The number of anilines is 1. The van der Waals surface area contributed by atoms with Crippen molar-refractivity contribution in [2.24, 2.45) is 0 Å². The topological polar surface area (TPSA) is 64.1 Å². The molecular formula is C19H21N3O4. The molecule has 7 nitrogen and oxygen atoms in total. The second kappa shape index (κ2) is 5.40. The number of pyridine rings is 1. The Hall–Kier alpha value is -2.70. The van der Waals surface area contributed by atoms with Crippen LogP contribution in [0.2, 0.25) is 0 Å². The van der Waals surface area contributed by atoms with Crippen LogP contribution in [0.4, 0.5) is 10.5 Å². The molecule has 2 aromatic rings. The molecule has 7 heteroatoms. The van der Waals surface area contributed by atoms with E-state index in [2.05, 4.69) is 22.9 Å². The molecule has 2 saturated heterocycles. The summed E-state index contributed by atoms with van der Waals surface area (Å²) in [5.74, 6) is 1.50. The predicted molar refractivity (Wildman–Crippen MR) is 95.9 cm³/mol. The van der Waals surface area contributed by atoms with Crippen LogP contribution < -0.4 is 14.4 Å². The number of ether oxygens (including phenoxy) is 3. The van der Waals surface area contributed by atoms with Gasteiger partial charge in [-0.2, -0.15) is 0 Å². The highest BCUT2D eigenvalue weighted by Gasteiger charge is 2.49. The van der Waals surface area contributed by atoms with Crippen molar-refractivity contribution in [2.45, 2.75) is 25.8 Å². The summed E-state index contributed by atoms with van der Waals surface area (Å²) in [6, 6.07) is 6.07. The van der Waals surface area contributed by atoms with Gasteiger partial charge in [0.25, 0.3) is 0 Å². The number of piperazine rings is 1. The maximum atomic E-state index is 12.1. The number of carbonyl (C=O) groups excluding carboxylic acids is 1. The number of nitrogens with zero attached hydrogens (tertiary/aromatic N) is 3. The van der Waals surface area contributed by atoms with Gasteiger partial charge in [-0.15, -0.1) is 0 Å². The number of rotatable bonds is 2. The summed E-state index contributed by atoms with van der Waals surface area (Å²) in [5.41, 5.74) is 2.72. The summed E-state index contributed by atoms with van der Waals surface area (Å²) in [6.45, 7) is 7.00. The summed E-state index contributed by atoms with van der Waals surface area (Å²) in [5, 5.41) is 1.05. The van der Waals surface area contributed by atoms with E-state index >= 15 is 0 Å². The maximum Gasteiger partial charge on any atom is 0.410 e. The van der Waals surface area contributed by atoms with Crippen molar-refractivity contribution >= 4 is 22.7 Å². The highest BCUT2D eigenvalue weighted by atomic mass is 16.7. The van der Waals surface area contributed by atoms with E-state index in [1.165, 1.54) is 0 Å². The Kier molecular flexibility index (Phi) is 3.23. The summed E-state index contributed by atoms with van der Waals surface area (Å²) in [6.07, 6.45) is 0.675. The zero-order chi connectivity index (χ0) is 17.9. The van der Waals surface area contributed by atoms with Gasteiger partial charge < -0.3 is 19.1 Å². The molecule has 2 fully saturated rings. The van der Waals surface area contributed by atoms with Gasteiger partial charge >= 0.3 is 6.09 Å². The van der Waals surface area contributed by atoms with E-state index in [1.54, 1.807) is 0 Å². The molecule has 136 valence electrons. The SMILES string of the molecule is CCC12COC(=O)N1CCN(c1cc(C)nc3cc4c(cc13)OCO4)C2. The zero-order valence-corrected chi connectivity index (χ0v) is 14.9. The summed E-state index contributed by atoms with van der Waals surface area (Å²) >= 11 is 0. The number of aromatic nitrogens is 1. The molecule has 0 bridgehead atoms. The lowest BCUT2D eigenvalue weighted by Gasteiger charge is -2.45. The van der Waals surface area contributed by atoms with Crippen molar-refractivity contribution in [3.63, 3.8) is 0 Å². The molecule has 1 amide bonds. The number of carbonyl (C=O) groups is 1. The van der Waals surface area contributed by atoms with Gasteiger partial charge in [0, 0.05) is 42.5 Å². The molecule has 5 rings (SSSR count). The number of aryl methyl sites for hydroxylation is 1. The van der Waals surface area contributed by atoms with Crippen molar-refractivity contribution in [3.05, 3.63) is 23.9 Å². The minimum atomic E-state index is -0.255. The molecule has 1 aromatic carbocycles.